The summed E-state index contributed by atoms with van der Waals surface area (Å²) < 4.78 is 0. The van der Waals surface area contributed by atoms with Crippen LogP contribution in [0.2, 0.25) is 0 Å². The lowest BCUT2D eigenvalue weighted by Gasteiger charge is -2.62. The predicted molar refractivity (Wildman–Crippen MR) is 131 cm³/mol. The second-order valence-corrected chi connectivity index (χ2v) is 13.3. The predicted octanol–water partition coefficient (Wildman–Crippen LogP) is 7.09. The van der Waals surface area contributed by atoms with Gasteiger partial charge in [-0.2, -0.15) is 0 Å². The van der Waals surface area contributed by atoms with Crippen molar-refractivity contribution in [1.82, 2.24) is 9.97 Å². The summed E-state index contributed by atoms with van der Waals surface area (Å²) in [5, 5.41) is 10.8. The molecule has 0 amide bonds. The molecule has 32 heavy (non-hydrogen) atoms. The molecule has 2 N–H and O–H groups in total. The number of rotatable bonds is 4. The van der Waals surface area contributed by atoms with E-state index in [1.54, 1.807) is 0 Å². The van der Waals surface area contributed by atoms with E-state index >= 15 is 0 Å². The van der Waals surface area contributed by atoms with Crippen molar-refractivity contribution in [1.29, 1.82) is 0 Å². The first-order valence-corrected chi connectivity index (χ1v) is 13.4. The van der Waals surface area contributed by atoms with Crippen LogP contribution in [0.3, 0.4) is 0 Å². The molecule has 5 rings (SSSR count). The Balaban J connectivity index is 1.43. The molecule has 2 fully saturated rings. The third kappa shape index (κ3) is 2.98. The molecule has 3 heteroatoms. The molecule has 1 aromatic rings. The number of aromatic nitrogens is 2. The molecule has 4 aliphatic carbocycles. The highest BCUT2D eigenvalue weighted by molar-refractivity contribution is 5.38. The van der Waals surface area contributed by atoms with E-state index in [0.29, 0.717) is 22.2 Å². The largest absolute Gasteiger partial charge is 0.393 e. The maximum Gasteiger partial charge on any atom is 0.106 e. The maximum absolute atomic E-state index is 10.8. The van der Waals surface area contributed by atoms with E-state index < -0.39 is 0 Å². The number of allylic oxidation sites excluding steroid dienone is 2. The van der Waals surface area contributed by atoms with Crippen LogP contribution in [-0.2, 0) is 6.42 Å². The minimum Gasteiger partial charge on any atom is -0.393 e. The van der Waals surface area contributed by atoms with Gasteiger partial charge in [0.2, 0.25) is 0 Å². The van der Waals surface area contributed by atoms with Crippen molar-refractivity contribution in [3.8, 4) is 0 Å². The molecule has 0 bridgehead atoms. The third-order valence-electron chi connectivity index (χ3n) is 11.9. The van der Waals surface area contributed by atoms with Gasteiger partial charge in [0.05, 0.1) is 6.10 Å². The van der Waals surface area contributed by atoms with Gasteiger partial charge in [-0.1, -0.05) is 52.7 Å². The van der Waals surface area contributed by atoms with E-state index in [1.807, 2.05) is 23.5 Å². The summed E-state index contributed by atoms with van der Waals surface area (Å²) in [6, 6.07) is 0. The molecule has 7 atom stereocenters. The van der Waals surface area contributed by atoms with Crippen molar-refractivity contribution in [3.63, 3.8) is 0 Å². The summed E-state index contributed by atoms with van der Waals surface area (Å²) in [6.45, 7) is 15.1. The first-order valence-electron chi connectivity index (χ1n) is 13.4. The van der Waals surface area contributed by atoms with Crippen LogP contribution in [0.1, 0.15) is 105 Å². The van der Waals surface area contributed by atoms with Gasteiger partial charge in [0.1, 0.15) is 5.82 Å². The SMILES string of the molecule is C[C@H](CCc1ncc[nH]1)[C@H]1CC[C@@]2(C)C3=C(CC[C@]12C)[C@@]1(C)CC[C@H](O)C(C)(C)[C@@H]1CC3. The standard InChI is InChI=1S/C29H46N2O/c1-19(7-10-25-30-17-18-31-25)20-11-15-29(6)22-8-9-23-26(2,3)24(32)13-14-27(23,4)21(22)12-16-28(20,29)5/h17-20,23-24,32H,7-16H2,1-6H3,(H,30,31)/t19-,20-,23+,24+,27-,28-,29+/m1/s1. The van der Waals surface area contributed by atoms with Gasteiger partial charge in [0.25, 0.3) is 0 Å². The highest BCUT2D eigenvalue weighted by Gasteiger charge is 2.63. The summed E-state index contributed by atoms with van der Waals surface area (Å²) in [5.41, 5.74) is 4.80. The first kappa shape index (κ1) is 22.7. The van der Waals surface area contributed by atoms with Gasteiger partial charge in [0, 0.05) is 18.8 Å². The summed E-state index contributed by atoms with van der Waals surface area (Å²) >= 11 is 0. The second kappa shape index (κ2) is 7.45. The lowest BCUT2D eigenvalue weighted by molar-refractivity contribution is -0.0962. The second-order valence-electron chi connectivity index (χ2n) is 13.3. The van der Waals surface area contributed by atoms with Crippen LogP contribution in [0.4, 0.5) is 0 Å². The van der Waals surface area contributed by atoms with Crippen molar-refractivity contribution in [3.05, 3.63) is 29.4 Å². The Hall–Kier alpha value is -1.09. The van der Waals surface area contributed by atoms with Gasteiger partial charge in [-0.15, -0.1) is 0 Å². The van der Waals surface area contributed by atoms with Gasteiger partial charge in [-0.25, -0.2) is 4.98 Å². The monoisotopic (exact) mass is 438 g/mol. The quantitative estimate of drug-likeness (QED) is 0.493. The molecular formula is C29H46N2O. The molecule has 178 valence electrons. The number of aliphatic hydroxyl groups is 1. The zero-order valence-electron chi connectivity index (χ0n) is 21.4. The summed E-state index contributed by atoms with van der Waals surface area (Å²) in [7, 11) is 0. The molecule has 0 aromatic carbocycles. The van der Waals surface area contributed by atoms with Crippen LogP contribution >= 0.6 is 0 Å². The van der Waals surface area contributed by atoms with Crippen LogP contribution in [-0.4, -0.2) is 21.2 Å². The Labute approximate surface area is 195 Å². The number of nitrogens with one attached hydrogen (secondary N) is 1. The van der Waals surface area contributed by atoms with Crippen LogP contribution < -0.4 is 0 Å². The van der Waals surface area contributed by atoms with E-state index in [2.05, 4.69) is 51.5 Å². The topological polar surface area (TPSA) is 48.9 Å². The fourth-order valence-electron chi connectivity index (χ4n) is 9.63. The molecule has 4 aliphatic rings. The molecule has 0 radical (unpaired) electrons. The number of fused-ring (bicyclic) bond motifs is 4. The van der Waals surface area contributed by atoms with Crippen molar-refractivity contribution in [2.24, 2.45) is 39.4 Å². The molecule has 0 saturated heterocycles. The normalized spacial score (nSPS) is 44.0. The Morgan fingerprint density at radius 2 is 1.81 bits per heavy atom. The molecule has 0 spiro atoms. The molecule has 1 aromatic heterocycles. The molecular weight excluding hydrogens is 392 g/mol. The number of hydrogen-bond donors (Lipinski definition) is 2. The lowest BCUT2D eigenvalue weighted by atomic mass is 9.43. The van der Waals surface area contributed by atoms with Crippen molar-refractivity contribution >= 4 is 0 Å². The zero-order chi connectivity index (χ0) is 22.9. The fourth-order valence-corrected chi connectivity index (χ4v) is 9.63. The third-order valence-corrected chi connectivity index (χ3v) is 11.9. The Kier molecular flexibility index (Phi) is 5.29. The number of aliphatic hydroxyl groups excluding tert-OH is 1. The Morgan fingerprint density at radius 1 is 1.03 bits per heavy atom. The minimum atomic E-state index is -0.141. The lowest BCUT2D eigenvalue weighted by Crippen LogP contribution is -2.55. The van der Waals surface area contributed by atoms with E-state index in [0.717, 1.165) is 30.5 Å². The smallest absolute Gasteiger partial charge is 0.106 e. The molecule has 1 heterocycles. The first-order chi connectivity index (χ1) is 15.0. The Bertz CT molecular complexity index is 885. The fraction of sp³-hybridized carbons (Fsp3) is 0.828. The van der Waals surface area contributed by atoms with Crippen LogP contribution in [0.15, 0.2) is 23.5 Å². The van der Waals surface area contributed by atoms with Crippen molar-refractivity contribution in [2.75, 3.05) is 0 Å². The zero-order valence-corrected chi connectivity index (χ0v) is 21.4. The average molecular weight is 439 g/mol. The van der Waals surface area contributed by atoms with E-state index in [1.165, 1.54) is 51.4 Å². The number of nitrogens with zero attached hydrogens (tertiary/aromatic N) is 1. The van der Waals surface area contributed by atoms with Crippen molar-refractivity contribution in [2.45, 2.75) is 112 Å². The molecule has 3 nitrogen and oxygen atoms in total. The number of aryl methyl sites for hydroxylation is 1. The Morgan fingerprint density at radius 3 is 2.53 bits per heavy atom. The number of hydrogen-bond acceptors (Lipinski definition) is 2. The molecule has 0 aliphatic heterocycles. The highest BCUT2D eigenvalue weighted by atomic mass is 16.3. The summed E-state index contributed by atoms with van der Waals surface area (Å²) in [6.07, 6.45) is 16.1. The summed E-state index contributed by atoms with van der Waals surface area (Å²) in [5.74, 6) is 3.32. The minimum absolute atomic E-state index is 0.0335. The molecule has 0 unspecified atom stereocenters. The number of H-pyrrole nitrogens is 1. The van der Waals surface area contributed by atoms with E-state index in [4.69, 9.17) is 0 Å². The van der Waals surface area contributed by atoms with Crippen LogP contribution in [0.5, 0.6) is 0 Å². The van der Waals surface area contributed by atoms with Crippen molar-refractivity contribution < 1.29 is 5.11 Å². The molecule has 2 saturated carbocycles. The van der Waals surface area contributed by atoms with Gasteiger partial charge < -0.3 is 10.1 Å². The maximum atomic E-state index is 10.8. The van der Waals surface area contributed by atoms with Gasteiger partial charge in [-0.05, 0) is 97.2 Å². The van der Waals surface area contributed by atoms with E-state index in [-0.39, 0.29) is 11.5 Å². The summed E-state index contributed by atoms with van der Waals surface area (Å²) in [4.78, 5) is 7.76. The van der Waals surface area contributed by atoms with E-state index in [9.17, 15) is 5.11 Å². The van der Waals surface area contributed by atoms with Crippen LogP contribution in [0.25, 0.3) is 0 Å². The number of imidazole rings is 1. The number of aromatic amines is 1. The average Bonchev–Trinajstić information content (AvgIpc) is 3.35. The van der Waals surface area contributed by atoms with Crippen LogP contribution in [0, 0.1) is 39.4 Å². The highest BCUT2D eigenvalue weighted by Crippen LogP contribution is 2.72. The van der Waals surface area contributed by atoms with Gasteiger partial charge >= 0.3 is 0 Å². The van der Waals surface area contributed by atoms with Gasteiger partial charge in [0.15, 0.2) is 0 Å². The van der Waals surface area contributed by atoms with Gasteiger partial charge in [-0.3, -0.25) is 0 Å².